The molecular weight excluding hydrogens is 403 g/mol. The maximum absolute atomic E-state index is 12.8. The van der Waals surface area contributed by atoms with Gasteiger partial charge >= 0.3 is 6.03 Å². The molecule has 0 spiro atoms. The summed E-state index contributed by atoms with van der Waals surface area (Å²) < 4.78 is 5.74. The summed E-state index contributed by atoms with van der Waals surface area (Å²) in [5, 5.41) is 3.07. The first kappa shape index (κ1) is 18.8. The molecule has 0 radical (unpaired) electrons. The monoisotopic (exact) mass is 418 g/mol. The summed E-state index contributed by atoms with van der Waals surface area (Å²) in [5.74, 6) is -0.483. The summed E-state index contributed by atoms with van der Waals surface area (Å²) in [6.45, 7) is 0. The third-order valence-electron chi connectivity index (χ3n) is 4.94. The lowest BCUT2D eigenvalue weighted by Crippen LogP contribution is -2.57. The van der Waals surface area contributed by atoms with Gasteiger partial charge in [0.25, 0.3) is 11.8 Å². The molecule has 1 aliphatic heterocycles. The van der Waals surface area contributed by atoms with Gasteiger partial charge in [-0.3, -0.25) is 19.8 Å². The highest BCUT2D eigenvalue weighted by molar-refractivity contribution is 6.42. The standard InChI is InChI=1S/C20H16Cl2N2O4/c21-15-7-5-11(9-16(15)22)17-8-6-13(28-17)10-14-18(25)23-20(27)24(19(14)26)12-3-1-2-4-12/h5-10,12H,1-4H2,(H,23,25,27)/b14-10-. The second-order valence-corrected chi connectivity index (χ2v) is 7.58. The van der Waals surface area contributed by atoms with Crippen molar-refractivity contribution >= 4 is 47.1 Å². The Labute approximate surface area is 171 Å². The summed E-state index contributed by atoms with van der Waals surface area (Å²) in [7, 11) is 0. The van der Waals surface area contributed by atoms with E-state index in [1.165, 1.54) is 6.08 Å². The smallest absolute Gasteiger partial charge is 0.331 e. The van der Waals surface area contributed by atoms with E-state index < -0.39 is 17.8 Å². The van der Waals surface area contributed by atoms with E-state index in [9.17, 15) is 14.4 Å². The van der Waals surface area contributed by atoms with Crippen LogP contribution in [0.1, 0.15) is 31.4 Å². The number of furan rings is 1. The van der Waals surface area contributed by atoms with Crippen molar-refractivity contribution in [1.29, 1.82) is 0 Å². The van der Waals surface area contributed by atoms with Gasteiger partial charge in [0.2, 0.25) is 0 Å². The van der Waals surface area contributed by atoms with E-state index in [1.807, 2.05) is 0 Å². The van der Waals surface area contributed by atoms with Gasteiger partial charge in [0, 0.05) is 11.6 Å². The van der Waals surface area contributed by atoms with Crippen LogP contribution < -0.4 is 5.32 Å². The Morgan fingerprint density at radius 3 is 2.50 bits per heavy atom. The molecule has 4 rings (SSSR count). The summed E-state index contributed by atoms with van der Waals surface area (Å²) >= 11 is 12.0. The minimum atomic E-state index is -0.725. The Morgan fingerprint density at radius 1 is 1.04 bits per heavy atom. The van der Waals surface area contributed by atoms with Crippen LogP contribution in [0.25, 0.3) is 17.4 Å². The number of carbonyl (C=O) groups excluding carboxylic acids is 3. The van der Waals surface area contributed by atoms with Crippen LogP contribution in [-0.4, -0.2) is 28.8 Å². The first-order valence-electron chi connectivity index (χ1n) is 8.90. The number of nitrogens with zero attached hydrogens (tertiary/aromatic N) is 1. The number of nitrogens with one attached hydrogen (secondary N) is 1. The molecule has 1 aromatic carbocycles. The van der Waals surface area contributed by atoms with Gasteiger partial charge in [-0.05, 0) is 49.2 Å². The lowest BCUT2D eigenvalue weighted by molar-refractivity contribution is -0.131. The number of urea groups is 1. The van der Waals surface area contributed by atoms with Gasteiger partial charge < -0.3 is 4.42 Å². The second-order valence-electron chi connectivity index (χ2n) is 6.76. The number of halogens is 2. The third kappa shape index (κ3) is 3.45. The number of benzene rings is 1. The summed E-state index contributed by atoms with van der Waals surface area (Å²) in [6, 6.07) is 7.59. The Kier molecular flexibility index (Phi) is 5.00. The molecule has 0 bridgehead atoms. The third-order valence-corrected chi connectivity index (χ3v) is 5.68. The van der Waals surface area contributed by atoms with Crippen LogP contribution in [0.5, 0.6) is 0 Å². The average molecular weight is 419 g/mol. The lowest BCUT2D eigenvalue weighted by atomic mass is 10.1. The molecule has 2 aliphatic rings. The molecule has 2 heterocycles. The molecule has 4 amide bonds. The van der Waals surface area contributed by atoms with E-state index in [-0.39, 0.29) is 11.6 Å². The van der Waals surface area contributed by atoms with E-state index in [4.69, 9.17) is 27.6 Å². The minimum Gasteiger partial charge on any atom is -0.457 e. The normalized spacial score (nSPS) is 19.6. The van der Waals surface area contributed by atoms with Gasteiger partial charge in [-0.15, -0.1) is 0 Å². The predicted molar refractivity (Wildman–Crippen MR) is 105 cm³/mol. The topological polar surface area (TPSA) is 79.6 Å². The summed E-state index contributed by atoms with van der Waals surface area (Å²) in [5.41, 5.74) is 0.586. The average Bonchev–Trinajstić information content (AvgIpc) is 3.33. The molecule has 0 unspecified atom stereocenters. The highest BCUT2D eigenvalue weighted by Crippen LogP contribution is 2.31. The van der Waals surface area contributed by atoms with Crippen molar-refractivity contribution in [1.82, 2.24) is 10.2 Å². The molecule has 28 heavy (non-hydrogen) atoms. The van der Waals surface area contributed by atoms with Gasteiger partial charge in [-0.2, -0.15) is 0 Å². The number of hydrogen-bond donors (Lipinski definition) is 1. The second kappa shape index (κ2) is 7.45. The van der Waals surface area contributed by atoms with Crippen molar-refractivity contribution < 1.29 is 18.8 Å². The molecule has 1 aliphatic carbocycles. The van der Waals surface area contributed by atoms with Crippen molar-refractivity contribution in [2.45, 2.75) is 31.7 Å². The van der Waals surface area contributed by atoms with Gasteiger partial charge in [-0.1, -0.05) is 36.0 Å². The van der Waals surface area contributed by atoms with Crippen molar-refractivity contribution in [3.8, 4) is 11.3 Å². The Balaban J connectivity index is 1.63. The van der Waals surface area contributed by atoms with Crippen LogP contribution in [0.2, 0.25) is 10.0 Å². The molecule has 1 saturated heterocycles. The first-order valence-corrected chi connectivity index (χ1v) is 9.65. The number of barbiturate groups is 1. The van der Waals surface area contributed by atoms with Crippen LogP contribution in [-0.2, 0) is 9.59 Å². The van der Waals surface area contributed by atoms with Crippen molar-refractivity contribution in [2.75, 3.05) is 0 Å². The Bertz CT molecular complexity index is 1010. The fourth-order valence-electron chi connectivity index (χ4n) is 3.54. The highest BCUT2D eigenvalue weighted by atomic mass is 35.5. The quantitative estimate of drug-likeness (QED) is 0.580. The van der Waals surface area contributed by atoms with E-state index in [2.05, 4.69) is 5.32 Å². The maximum Gasteiger partial charge on any atom is 0.331 e. The summed E-state index contributed by atoms with van der Waals surface area (Å²) in [4.78, 5) is 38.3. The lowest BCUT2D eigenvalue weighted by Gasteiger charge is -2.30. The van der Waals surface area contributed by atoms with Gasteiger partial charge in [0.1, 0.15) is 17.1 Å². The van der Waals surface area contributed by atoms with E-state index in [1.54, 1.807) is 30.3 Å². The SMILES string of the molecule is O=C1NC(=O)N(C2CCCC2)C(=O)/C1=C\c1ccc(-c2ccc(Cl)c(Cl)c2)o1. The number of amides is 4. The fourth-order valence-corrected chi connectivity index (χ4v) is 3.84. The van der Waals surface area contributed by atoms with Crippen LogP contribution in [0.4, 0.5) is 4.79 Å². The molecule has 1 saturated carbocycles. The zero-order chi connectivity index (χ0) is 19.8. The first-order chi connectivity index (χ1) is 13.4. The van der Waals surface area contributed by atoms with E-state index in [0.29, 0.717) is 27.1 Å². The number of carbonyl (C=O) groups is 3. The molecule has 1 aromatic heterocycles. The molecule has 2 aromatic rings. The van der Waals surface area contributed by atoms with Crippen LogP contribution in [0.3, 0.4) is 0 Å². The van der Waals surface area contributed by atoms with Crippen LogP contribution in [0, 0.1) is 0 Å². The highest BCUT2D eigenvalue weighted by Gasteiger charge is 2.40. The van der Waals surface area contributed by atoms with Crippen molar-refractivity contribution in [2.24, 2.45) is 0 Å². The molecule has 6 nitrogen and oxygen atoms in total. The van der Waals surface area contributed by atoms with Crippen LogP contribution in [0.15, 0.2) is 40.3 Å². The van der Waals surface area contributed by atoms with Gasteiger partial charge in [0.05, 0.1) is 10.0 Å². The van der Waals surface area contributed by atoms with E-state index in [0.717, 1.165) is 30.6 Å². The molecule has 144 valence electrons. The predicted octanol–water partition coefficient (Wildman–Crippen LogP) is 4.66. The maximum atomic E-state index is 12.8. The van der Waals surface area contributed by atoms with Gasteiger partial charge in [-0.25, -0.2) is 4.79 Å². The van der Waals surface area contributed by atoms with Gasteiger partial charge in [0.15, 0.2) is 0 Å². The zero-order valence-electron chi connectivity index (χ0n) is 14.7. The van der Waals surface area contributed by atoms with Crippen molar-refractivity contribution in [3.05, 3.63) is 51.7 Å². The Hall–Kier alpha value is -2.57. The van der Waals surface area contributed by atoms with E-state index >= 15 is 0 Å². The van der Waals surface area contributed by atoms with Crippen molar-refractivity contribution in [3.63, 3.8) is 0 Å². The Morgan fingerprint density at radius 2 is 1.79 bits per heavy atom. The number of hydrogen-bond acceptors (Lipinski definition) is 4. The molecule has 1 N–H and O–H groups in total. The molecule has 8 heteroatoms. The largest absolute Gasteiger partial charge is 0.457 e. The minimum absolute atomic E-state index is 0.124. The summed E-state index contributed by atoms with van der Waals surface area (Å²) in [6.07, 6.45) is 4.78. The van der Waals surface area contributed by atoms with Crippen LogP contribution >= 0.6 is 23.2 Å². The molecule has 0 atom stereocenters. The zero-order valence-corrected chi connectivity index (χ0v) is 16.2. The fraction of sp³-hybridized carbons (Fsp3) is 0.250. The number of rotatable bonds is 3. The molecule has 2 fully saturated rings. The molecular formula is C20H16Cl2N2O4. The number of imide groups is 2.